The first-order valence-corrected chi connectivity index (χ1v) is 6.98. The molecule has 1 aromatic rings. The Balaban J connectivity index is 1.68. The van der Waals surface area contributed by atoms with Gasteiger partial charge >= 0.3 is 0 Å². The fraction of sp³-hybridized carbons (Fsp3) is 0.533. The summed E-state index contributed by atoms with van der Waals surface area (Å²) in [6, 6.07) is 8.39. The van der Waals surface area contributed by atoms with Crippen LogP contribution in [0.5, 0.6) is 0 Å². The Hall–Kier alpha value is -1.55. The zero-order valence-corrected chi connectivity index (χ0v) is 11.4. The van der Waals surface area contributed by atoms with Crippen LogP contribution < -0.4 is 10.6 Å². The lowest BCUT2D eigenvalue weighted by molar-refractivity contribution is -0.122. The van der Waals surface area contributed by atoms with Crippen LogP contribution >= 0.6 is 0 Å². The molecule has 0 saturated heterocycles. The van der Waals surface area contributed by atoms with E-state index in [1.165, 1.54) is 11.3 Å². The van der Waals surface area contributed by atoms with Gasteiger partial charge in [0.15, 0.2) is 0 Å². The molecule has 2 N–H and O–H groups in total. The maximum atomic E-state index is 11.5. The van der Waals surface area contributed by atoms with Crippen molar-refractivity contribution >= 4 is 11.6 Å². The first kappa shape index (κ1) is 13.9. The highest BCUT2D eigenvalue weighted by atomic mass is 16.5. The lowest BCUT2D eigenvalue weighted by Crippen LogP contribution is -2.26. The molecule has 0 aromatic heterocycles. The number of para-hydroxylation sites is 1. The molecule has 1 aromatic carbocycles. The van der Waals surface area contributed by atoms with Crippen LogP contribution in [0.3, 0.4) is 0 Å². The monoisotopic (exact) mass is 262 g/mol. The average molecular weight is 262 g/mol. The van der Waals surface area contributed by atoms with Gasteiger partial charge in [0.05, 0.1) is 6.61 Å². The van der Waals surface area contributed by atoms with E-state index in [0.717, 1.165) is 19.5 Å². The summed E-state index contributed by atoms with van der Waals surface area (Å²) in [6.07, 6.45) is 1.43. The number of anilines is 1. The van der Waals surface area contributed by atoms with Crippen molar-refractivity contribution in [2.75, 3.05) is 31.6 Å². The number of benzene rings is 1. The molecule has 0 bridgehead atoms. The number of rotatable bonds is 7. The number of hydrogen-bond acceptors (Lipinski definition) is 3. The predicted octanol–water partition coefficient (Wildman–Crippen LogP) is 2.13. The fourth-order valence-electron chi connectivity index (χ4n) is 2.40. The van der Waals surface area contributed by atoms with E-state index in [2.05, 4.69) is 28.8 Å². The zero-order valence-electron chi connectivity index (χ0n) is 11.4. The normalized spacial score (nSPS) is 16.8. The van der Waals surface area contributed by atoms with E-state index in [1.807, 2.05) is 13.0 Å². The summed E-state index contributed by atoms with van der Waals surface area (Å²) in [6.45, 7) is 4.80. The highest BCUT2D eigenvalue weighted by molar-refractivity contribution is 5.75. The molecule has 19 heavy (non-hydrogen) atoms. The van der Waals surface area contributed by atoms with Crippen molar-refractivity contribution < 1.29 is 9.53 Å². The maximum absolute atomic E-state index is 11.5. The summed E-state index contributed by atoms with van der Waals surface area (Å²) in [5.74, 6) is 0.580. The molecule has 0 aliphatic carbocycles. The molecule has 0 saturated carbocycles. The van der Waals surface area contributed by atoms with E-state index in [-0.39, 0.29) is 5.91 Å². The minimum atomic E-state index is 0.0766. The molecule has 1 aliphatic heterocycles. The lowest BCUT2D eigenvalue weighted by atomic mass is 9.98. The third kappa shape index (κ3) is 3.96. The van der Waals surface area contributed by atoms with Gasteiger partial charge in [-0.05, 0) is 25.0 Å². The Kier molecular flexibility index (Phi) is 5.21. The SMILES string of the molecule is CCOCCC(=O)NCCC1CNc2ccccc21. The third-order valence-corrected chi connectivity index (χ3v) is 3.43. The molecule has 1 heterocycles. The number of amides is 1. The zero-order chi connectivity index (χ0) is 13.5. The van der Waals surface area contributed by atoms with Gasteiger partial charge in [0.25, 0.3) is 0 Å². The van der Waals surface area contributed by atoms with E-state index in [4.69, 9.17) is 4.74 Å². The second kappa shape index (κ2) is 7.14. The highest BCUT2D eigenvalue weighted by Gasteiger charge is 2.20. The van der Waals surface area contributed by atoms with Crippen molar-refractivity contribution in [1.82, 2.24) is 5.32 Å². The maximum Gasteiger partial charge on any atom is 0.222 e. The predicted molar refractivity (Wildman–Crippen MR) is 76.4 cm³/mol. The smallest absolute Gasteiger partial charge is 0.222 e. The van der Waals surface area contributed by atoms with Crippen LogP contribution in [0.1, 0.15) is 31.2 Å². The standard InChI is InChI=1S/C15H22N2O2/c1-2-19-10-8-15(18)16-9-7-12-11-17-14-6-4-3-5-13(12)14/h3-6,12,17H,2,7-11H2,1H3,(H,16,18). The van der Waals surface area contributed by atoms with Crippen molar-refractivity contribution in [3.8, 4) is 0 Å². The summed E-state index contributed by atoms with van der Waals surface area (Å²) in [5.41, 5.74) is 2.60. The van der Waals surface area contributed by atoms with Crippen molar-refractivity contribution in [2.45, 2.75) is 25.7 Å². The van der Waals surface area contributed by atoms with Gasteiger partial charge in [-0.1, -0.05) is 18.2 Å². The van der Waals surface area contributed by atoms with Crippen molar-refractivity contribution in [2.24, 2.45) is 0 Å². The minimum Gasteiger partial charge on any atom is -0.384 e. The van der Waals surface area contributed by atoms with E-state index in [9.17, 15) is 4.79 Å². The molecule has 0 fully saturated rings. The second-order valence-electron chi connectivity index (χ2n) is 4.75. The van der Waals surface area contributed by atoms with E-state index in [0.29, 0.717) is 25.6 Å². The van der Waals surface area contributed by atoms with Gasteiger partial charge < -0.3 is 15.4 Å². The quantitative estimate of drug-likeness (QED) is 0.740. The van der Waals surface area contributed by atoms with Crippen LogP contribution in [0.2, 0.25) is 0 Å². The number of ether oxygens (including phenoxy) is 1. The number of fused-ring (bicyclic) bond motifs is 1. The van der Waals surface area contributed by atoms with Gasteiger partial charge in [-0.3, -0.25) is 4.79 Å². The van der Waals surface area contributed by atoms with Gasteiger partial charge in [0.2, 0.25) is 5.91 Å². The van der Waals surface area contributed by atoms with Crippen LogP contribution in [0.25, 0.3) is 0 Å². The van der Waals surface area contributed by atoms with Gasteiger partial charge in [-0.25, -0.2) is 0 Å². The molecule has 1 aliphatic rings. The summed E-state index contributed by atoms with van der Waals surface area (Å²) < 4.78 is 5.16. The number of carbonyl (C=O) groups excluding carboxylic acids is 1. The molecule has 104 valence electrons. The van der Waals surface area contributed by atoms with Crippen molar-refractivity contribution in [3.63, 3.8) is 0 Å². The summed E-state index contributed by atoms with van der Waals surface area (Å²) in [4.78, 5) is 11.5. The average Bonchev–Trinajstić information content (AvgIpc) is 2.83. The molecule has 2 rings (SSSR count). The second-order valence-corrected chi connectivity index (χ2v) is 4.75. The molecule has 1 amide bonds. The first-order chi connectivity index (χ1) is 9.31. The van der Waals surface area contributed by atoms with Crippen LogP contribution in [0, 0.1) is 0 Å². The van der Waals surface area contributed by atoms with Gasteiger partial charge in [-0.2, -0.15) is 0 Å². The number of hydrogen-bond donors (Lipinski definition) is 2. The molecule has 4 nitrogen and oxygen atoms in total. The Morgan fingerprint density at radius 2 is 2.32 bits per heavy atom. The molecular formula is C15H22N2O2. The summed E-state index contributed by atoms with van der Waals surface area (Å²) >= 11 is 0. The van der Waals surface area contributed by atoms with Crippen LogP contribution in [-0.4, -0.2) is 32.2 Å². The lowest BCUT2D eigenvalue weighted by Gasteiger charge is -2.11. The van der Waals surface area contributed by atoms with E-state index >= 15 is 0 Å². The Morgan fingerprint density at radius 1 is 1.47 bits per heavy atom. The Labute approximate surface area is 114 Å². The largest absolute Gasteiger partial charge is 0.384 e. The number of nitrogens with one attached hydrogen (secondary N) is 2. The van der Waals surface area contributed by atoms with Crippen molar-refractivity contribution in [1.29, 1.82) is 0 Å². The molecule has 0 spiro atoms. The molecule has 1 atom stereocenters. The van der Waals surface area contributed by atoms with Crippen LogP contribution in [-0.2, 0) is 9.53 Å². The summed E-state index contributed by atoms with van der Waals surface area (Å²) in [7, 11) is 0. The third-order valence-electron chi connectivity index (χ3n) is 3.43. The van der Waals surface area contributed by atoms with Crippen LogP contribution in [0.15, 0.2) is 24.3 Å². The van der Waals surface area contributed by atoms with Crippen molar-refractivity contribution in [3.05, 3.63) is 29.8 Å². The summed E-state index contributed by atoms with van der Waals surface area (Å²) in [5, 5.41) is 6.35. The Morgan fingerprint density at radius 3 is 3.16 bits per heavy atom. The first-order valence-electron chi connectivity index (χ1n) is 6.98. The minimum absolute atomic E-state index is 0.0766. The van der Waals surface area contributed by atoms with Crippen LogP contribution in [0.4, 0.5) is 5.69 Å². The van der Waals surface area contributed by atoms with Gasteiger partial charge in [0, 0.05) is 37.7 Å². The molecular weight excluding hydrogens is 240 g/mol. The fourth-order valence-corrected chi connectivity index (χ4v) is 2.40. The Bertz CT molecular complexity index is 420. The van der Waals surface area contributed by atoms with E-state index < -0.39 is 0 Å². The highest BCUT2D eigenvalue weighted by Crippen LogP contribution is 2.32. The molecule has 0 radical (unpaired) electrons. The van der Waals surface area contributed by atoms with E-state index in [1.54, 1.807) is 0 Å². The number of carbonyl (C=O) groups is 1. The van der Waals surface area contributed by atoms with Gasteiger partial charge in [-0.15, -0.1) is 0 Å². The topological polar surface area (TPSA) is 50.4 Å². The van der Waals surface area contributed by atoms with Gasteiger partial charge in [0.1, 0.15) is 0 Å². The molecule has 1 unspecified atom stereocenters. The molecule has 4 heteroatoms.